The lowest BCUT2D eigenvalue weighted by Crippen LogP contribution is -2.15. The molecule has 0 saturated carbocycles. The SMILES string of the molecule is N[C@H](CO)c1c(O)cccc1Cl. The van der Waals surface area contributed by atoms with E-state index in [1.165, 1.54) is 6.07 Å². The summed E-state index contributed by atoms with van der Waals surface area (Å²) in [6, 6.07) is 4.09. The van der Waals surface area contributed by atoms with Crippen molar-refractivity contribution in [3.63, 3.8) is 0 Å². The first kappa shape index (κ1) is 9.32. The Bertz CT molecular complexity index is 258. The van der Waals surface area contributed by atoms with Crippen molar-refractivity contribution in [3.8, 4) is 5.75 Å². The van der Waals surface area contributed by atoms with Gasteiger partial charge in [-0.15, -0.1) is 0 Å². The number of hydrogen-bond acceptors (Lipinski definition) is 3. The molecule has 4 heteroatoms. The molecule has 0 bridgehead atoms. The van der Waals surface area contributed by atoms with Gasteiger partial charge in [-0.1, -0.05) is 17.7 Å². The van der Waals surface area contributed by atoms with Crippen LogP contribution in [0, 0.1) is 0 Å². The van der Waals surface area contributed by atoms with Crippen LogP contribution in [0.2, 0.25) is 5.02 Å². The van der Waals surface area contributed by atoms with Gasteiger partial charge in [0, 0.05) is 10.6 Å². The van der Waals surface area contributed by atoms with Crippen molar-refractivity contribution in [2.75, 3.05) is 6.61 Å². The fraction of sp³-hybridized carbons (Fsp3) is 0.250. The molecule has 1 rings (SSSR count). The van der Waals surface area contributed by atoms with E-state index in [9.17, 15) is 5.11 Å². The molecule has 0 spiro atoms. The first-order valence-corrected chi connectivity index (χ1v) is 3.88. The highest BCUT2D eigenvalue weighted by molar-refractivity contribution is 6.31. The van der Waals surface area contributed by atoms with Gasteiger partial charge in [0.2, 0.25) is 0 Å². The predicted molar refractivity (Wildman–Crippen MR) is 47.1 cm³/mol. The summed E-state index contributed by atoms with van der Waals surface area (Å²) in [5.41, 5.74) is 5.89. The standard InChI is InChI=1S/C8H10ClNO2/c9-5-2-1-3-7(12)8(5)6(10)4-11/h1-3,6,11-12H,4,10H2/t6-/m1/s1. The smallest absolute Gasteiger partial charge is 0.121 e. The molecule has 66 valence electrons. The summed E-state index contributed by atoms with van der Waals surface area (Å²) in [4.78, 5) is 0. The Labute approximate surface area is 75.4 Å². The quantitative estimate of drug-likeness (QED) is 0.648. The highest BCUT2D eigenvalue weighted by Gasteiger charge is 2.12. The summed E-state index contributed by atoms with van der Waals surface area (Å²) in [5, 5.41) is 18.4. The maximum atomic E-state index is 9.32. The van der Waals surface area contributed by atoms with Crippen LogP contribution in [0.25, 0.3) is 0 Å². The van der Waals surface area contributed by atoms with Crippen molar-refractivity contribution < 1.29 is 10.2 Å². The minimum Gasteiger partial charge on any atom is -0.508 e. The lowest BCUT2D eigenvalue weighted by molar-refractivity contribution is 0.265. The zero-order valence-electron chi connectivity index (χ0n) is 6.37. The van der Waals surface area contributed by atoms with Crippen molar-refractivity contribution in [1.29, 1.82) is 0 Å². The van der Waals surface area contributed by atoms with Gasteiger partial charge in [-0.2, -0.15) is 0 Å². The molecule has 0 heterocycles. The second kappa shape index (κ2) is 3.76. The van der Waals surface area contributed by atoms with Gasteiger partial charge < -0.3 is 15.9 Å². The van der Waals surface area contributed by atoms with E-state index in [-0.39, 0.29) is 12.4 Å². The first-order valence-electron chi connectivity index (χ1n) is 3.50. The molecule has 0 amide bonds. The fourth-order valence-electron chi connectivity index (χ4n) is 0.984. The van der Waals surface area contributed by atoms with Gasteiger partial charge in [0.15, 0.2) is 0 Å². The third-order valence-corrected chi connectivity index (χ3v) is 1.93. The molecule has 0 radical (unpaired) electrons. The summed E-state index contributed by atoms with van der Waals surface area (Å²) >= 11 is 5.75. The zero-order valence-corrected chi connectivity index (χ0v) is 7.12. The van der Waals surface area contributed by atoms with Crippen LogP contribution in [0.15, 0.2) is 18.2 Å². The average molecular weight is 188 g/mol. The Morgan fingerprint density at radius 1 is 1.50 bits per heavy atom. The van der Waals surface area contributed by atoms with Crippen molar-refractivity contribution in [2.24, 2.45) is 5.73 Å². The van der Waals surface area contributed by atoms with Crippen LogP contribution in [-0.2, 0) is 0 Å². The molecular formula is C8H10ClNO2. The third-order valence-electron chi connectivity index (χ3n) is 1.60. The van der Waals surface area contributed by atoms with E-state index in [0.717, 1.165) is 0 Å². The molecule has 1 aromatic rings. The number of aromatic hydroxyl groups is 1. The molecule has 4 N–H and O–H groups in total. The van der Waals surface area contributed by atoms with Gasteiger partial charge in [-0.05, 0) is 12.1 Å². The van der Waals surface area contributed by atoms with Crippen LogP contribution in [-0.4, -0.2) is 16.8 Å². The number of hydrogen-bond donors (Lipinski definition) is 3. The summed E-state index contributed by atoms with van der Waals surface area (Å²) in [7, 11) is 0. The number of phenols is 1. The van der Waals surface area contributed by atoms with Gasteiger partial charge >= 0.3 is 0 Å². The maximum Gasteiger partial charge on any atom is 0.121 e. The number of phenolic OH excluding ortho intramolecular Hbond substituents is 1. The summed E-state index contributed by atoms with van der Waals surface area (Å²) in [5.74, 6) is 0.0176. The molecule has 0 aromatic heterocycles. The highest BCUT2D eigenvalue weighted by Crippen LogP contribution is 2.29. The Balaban J connectivity index is 3.12. The lowest BCUT2D eigenvalue weighted by Gasteiger charge is -2.11. The van der Waals surface area contributed by atoms with Crippen molar-refractivity contribution in [2.45, 2.75) is 6.04 Å². The van der Waals surface area contributed by atoms with E-state index in [0.29, 0.717) is 10.6 Å². The maximum absolute atomic E-state index is 9.32. The third kappa shape index (κ3) is 1.69. The Hall–Kier alpha value is -0.770. The fourth-order valence-corrected chi connectivity index (χ4v) is 1.29. The molecule has 0 unspecified atom stereocenters. The molecular weight excluding hydrogens is 178 g/mol. The van der Waals surface area contributed by atoms with E-state index in [4.69, 9.17) is 22.4 Å². The predicted octanol–water partition coefficient (Wildman–Crippen LogP) is 1.04. The molecule has 0 aliphatic carbocycles. The van der Waals surface area contributed by atoms with Crippen LogP contribution in [0.1, 0.15) is 11.6 Å². The average Bonchev–Trinajstić information content (AvgIpc) is 2.03. The van der Waals surface area contributed by atoms with Crippen molar-refractivity contribution >= 4 is 11.6 Å². The Morgan fingerprint density at radius 3 is 2.67 bits per heavy atom. The summed E-state index contributed by atoms with van der Waals surface area (Å²) < 4.78 is 0. The monoisotopic (exact) mass is 187 g/mol. The van der Waals surface area contributed by atoms with Crippen LogP contribution in [0.4, 0.5) is 0 Å². The van der Waals surface area contributed by atoms with E-state index in [1.807, 2.05) is 0 Å². The molecule has 0 aliphatic heterocycles. The number of halogens is 1. The minimum atomic E-state index is -0.626. The van der Waals surface area contributed by atoms with Gasteiger partial charge in [-0.25, -0.2) is 0 Å². The minimum absolute atomic E-state index is 0.0176. The number of benzene rings is 1. The van der Waals surface area contributed by atoms with Gasteiger partial charge in [0.1, 0.15) is 5.75 Å². The first-order chi connectivity index (χ1) is 5.66. The molecule has 0 fully saturated rings. The van der Waals surface area contributed by atoms with Gasteiger partial charge in [0.25, 0.3) is 0 Å². The van der Waals surface area contributed by atoms with E-state index in [1.54, 1.807) is 12.1 Å². The molecule has 1 aromatic carbocycles. The second-order valence-corrected chi connectivity index (χ2v) is 2.87. The van der Waals surface area contributed by atoms with Gasteiger partial charge in [0.05, 0.1) is 12.6 Å². The topological polar surface area (TPSA) is 66.5 Å². The normalized spacial score (nSPS) is 12.9. The highest BCUT2D eigenvalue weighted by atomic mass is 35.5. The molecule has 12 heavy (non-hydrogen) atoms. The summed E-state index contributed by atoms with van der Waals surface area (Å²) in [6.07, 6.45) is 0. The summed E-state index contributed by atoms with van der Waals surface area (Å²) in [6.45, 7) is -0.239. The zero-order chi connectivity index (χ0) is 9.14. The Morgan fingerprint density at radius 2 is 2.17 bits per heavy atom. The van der Waals surface area contributed by atoms with E-state index in [2.05, 4.69) is 0 Å². The van der Waals surface area contributed by atoms with Crippen LogP contribution < -0.4 is 5.73 Å². The van der Waals surface area contributed by atoms with E-state index >= 15 is 0 Å². The largest absolute Gasteiger partial charge is 0.508 e. The molecule has 0 saturated heterocycles. The molecule has 0 aliphatic rings. The number of rotatable bonds is 2. The van der Waals surface area contributed by atoms with Crippen molar-refractivity contribution in [1.82, 2.24) is 0 Å². The van der Waals surface area contributed by atoms with Crippen LogP contribution >= 0.6 is 11.6 Å². The number of nitrogens with two attached hydrogens (primary N) is 1. The lowest BCUT2D eigenvalue weighted by atomic mass is 10.1. The number of aliphatic hydroxyl groups is 1. The molecule has 1 atom stereocenters. The second-order valence-electron chi connectivity index (χ2n) is 2.46. The molecule has 3 nitrogen and oxygen atoms in total. The number of aliphatic hydroxyl groups excluding tert-OH is 1. The van der Waals surface area contributed by atoms with Crippen LogP contribution in [0.5, 0.6) is 5.75 Å². The van der Waals surface area contributed by atoms with Crippen LogP contribution in [0.3, 0.4) is 0 Å². The van der Waals surface area contributed by atoms with Gasteiger partial charge in [-0.3, -0.25) is 0 Å². The van der Waals surface area contributed by atoms with E-state index < -0.39 is 6.04 Å². The van der Waals surface area contributed by atoms with Crippen molar-refractivity contribution in [3.05, 3.63) is 28.8 Å². The Kier molecular flexibility index (Phi) is 2.92.